The standard InChI is InChI=1S/C10H15NOS/c1-8(2)7-3-4-9(8)6-13-11-10(9,5-7)12-11/h7H,3-6H2,1-2H3/t7-,9+,10-,11?/m1/s1. The molecule has 2 aliphatic carbocycles. The largest absolute Gasteiger partial charge is 0.259 e. The van der Waals surface area contributed by atoms with Crippen molar-refractivity contribution in [3.05, 3.63) is 0 Å². The maximum Gasteiger partial charge on any atom is 0.184 e. The monoisotopic (exact) mass is 197 g/mol. The fourth-order valence-corrected chi connectivity index (χ4v) is 5.95. The molecule has 0 aromatic carbocycles. The Kier molecular flexibility index (Phi) is 0.987. The van der Waals surface area contributed by atoms with Crippen LogP contribution >= 0.6 is 11.9 Å². The van der Waals surface area contributed by atoms with Crippen molar-refractivity contribution in [3.63, 3.8) is 0 Å². The number of nitrogens with zero attached hydrogens (tertiary/aromatic N) is 1. The Hall–Kier alpha value is 0.270. The van der Waals surface area contributed by atoms with Crippen molar-refractivity contribution in [2.75, 3.05) is 5.75 Å². The third-order valence-electron chi connectivity index (χ3n) is 5.37. The van der Waals surface area contributed by atoms with E-state index in [0.29, 0.717) is 10.8 Å². The van der Waals surface area contributed by atoms with Crippen molar-refractivity contribution < 1.29 is 4.84 Å². The van der Waals surface area contributed by atoms with Crippen molar-refractivity contribution in [2.45, 2.75) is 38.8 Å². The maximum atomic E-state index is 5.82. The first-order valence-corrected chi connectivity index (χ1v) is 6.19. The zero-order valence-electron chi connectivity index (χ0n) is 8.17. The van der Waals surface area contributed by atoms with Gasteiger partial charge in [-0.1, -0.05) is 18.3 Å². The minimum Gasteiger partial charge on any atom is -0.259 e. The van der Waals surface area contributed by atoms with E-state index >= 15 is 0 Å². The van der Waals surface area contributed by atoms with Gasteiger partial charge >= 0.3 is 0 Å². The molecular weight excluding hydrogens is 182 g/mol. The van der Waals surface area contributed by atoms with Crippen molar-refractivity contribution in [1.29, 1.82) is 0 Å². The van der Waals surface area contributed by atoms with Crippen LogP contribution in [0.3, 0.4) is 0 Å². The van der Waals surface area contributed by atoms with Crippen molar-refractivity contribution >= 4 is 11.9 Å². The van der Waals surface area contributed by atoms with E-state index < -0.39 is 0 Å². The van der Waals surface area contributed by atoms with E-state index in [1.165, 1.54) is 25.0 Å². The zero-order chi connectivity index (χ0) is 8.90. The molecule has 2 saturated heterocycles. The highest BCUT2D eigenvalue weighted by atomic mass is 32.2. The third-order valence-corrected chi connectivity index (χ3v) is 6.59. The van der Waals surface area contributed by atoms with E-state index in [4.69, 9.17) is 4.84 Å². The minimum atomic E-state index is 0.198. The number of hydroxylamine groups is 1. The van der Waals surface area contributed by atoms with E-state index in [2.05, 4.69) is 18.3 Å². The Labute approximate surface area is 83.1 Å². The highest BCUT2D eigenvalue weighted by molar-refractivity contribution is 7.97. The first kappa shape index (κ1) is 7.55. The Morgan fingerprint density at radius 2 is 2.31 bits per heavy atom. The zero-order valence-corrected chi connectivity index (χ0v) is 8.99. The summed E-state index contributed by atoms with van der Waals surface area (Å²) in [5.41, 5.74) is 1.21. The van der Waals surface area contributed by atoms with Gasteiger partial charge in [0.2, 0.25) is 0 Å². The van der Waals surface area contributed by atoms with Crippen molar-refractivity contribution in [2.24, 2.45) is 16.7 Å². The molecule has 13 heavy (non-hydrogen) atoms. The molecule has 2 spiro atoms. The number of hydrogen-bond acceptors (Lipinski definition) is 3. The van der Waals surface area contributed by atoms with Gasteiger partial charge in [-0.05, 0) is 42.5 Å². The fourth-order valence-electron chi connectivity index (χ4n) is 4.24. The topological polar surface area (TPSA) is 15.5 Å². The first-order chi connectivity index (χ1) is 6.12. The predicted octanol–water partition coefficient (Wildman–Crippen LogP) is 2.42. The van der Waals surface area contributed by atoms with Gasteiger partial charge in [0.05, 0.1) is 0 Å². The van der Waals surface area contributed by atoms with E-state index in [0.717, 1.165) is 5.92 Å². The highest BCUT2D eigenvalue weighted by Gasteiger charge is 2.84. The Bertz CT molecular complexity index is 297. The van der Waals surface area contributed by atoms with Crippen LogP contribution in [-0.2, 0) is 4.84 Å². The molecule has 1 unspecified atom stereocenters. The summed E-state index contributed by atoms with van der Waals surface area (Å²) < 4.78 is 2.19. The molecule has 0 N–H and O–H groups in total. The first-order valence-electron chi connectivity index (χ1n) is 5.25. The second-order valence-corrected chi connectivity index (χ2v) is 6.53. The van der Waals surface area contributed by atoms with Crippen LogP contribution in [0.1, 0.15) is 33.1 Å². The lowest BCUT2D eigenvalue weighted by Gasteiger charge is -2.36. The van der Waals surface area contributed by atoms with Gasteiger partial charge in [0.1, 0.15) is 0 Å². The number of hydrogen-bond donors (Lipinski definition) is 0. The van der Waals surface area contributed by atoms with E-state index in [1.54, 1.807) is 0 Å². The average Bonchev–Trinajstić information content (AvgIpc) is 2.53. The summed E-state index contributed by atoms with van der Waals surface area (Å²) in [7, 11) is 0. The quantitative estimate of drug-likeness (QED) is 0.438. The lowest BCUT2D eigenvalue weighted by atomic mass is 9.68. The number of rotatable bonds is 0. The van der Waals surface area contributed by atoms with Gasteiger partial charge in [-0.25, -0.2) is 0 Å². The summed E-state index contributed by atoms with van der Waals surface area (Å²) in [5.74, 6) is 2.22. The van der Waals surface area contributed by atoms with Gasteiger partial charge in [-0.15, -0.1) is 0 Å². The second-order valence-electron chi connectivity index (χ2n) is 5.65. The van der Waals surface area contributed by atoms with Crippen molar-refractivity contribution in [1.82, 2.24) is 4.47 Å². The molecule has 0 aromatic heterocycles. The molecule has 72 valence electrons. The molecule has 4 atom stereocenters. The van der Waals surface area contributed by atoms with Crippen molar-refractivity contribution in [3.8, 4) is 0 Å². The SMILES string of the molecule is CC1(C)[C@@H]2CC[C@]13CSN1O[C@@]13C2. The summed E-state index contributed by atoms with van der Waals surface area (Å²) in [6, 6.07) is 0. The molecule has 2 aliphatic heterocycles. The fraction of sp³-hybridized carbons (Fsp3) is 1.00. The van der Waals surface area contributed by atoms with Crippen LogP contribution < -0.4 is 0 Å². The van der Waals surface area contributed by atoms with E-state index in [1.807, 2.05) is 11.9 Å². The third kappa shape index (κ3) is 0.512. The van der Waals surface area contributed by atoms with Gasteiger partial charge in [0.15, 0.2) is 5.72 Å². The molecular formula is C10H15NOS. The molecule has 0 aromatic rings. The molecule has 2 nitrogen and oxygen atoms in total. The van der Waals surface area contributed by atoms with Crippen LogP contribution in [-0.4, -0.2) is 15.9 Å². The molecule has 2 bridgehead atoms. The molecule has 3 heteroatoms. The van der Waals surface area contributed by atoms with Crippen LogP contribution in [0.25, 0.3) is 0 Å². The molecule has 4 aliphatic rings. The summed E-state index contributed by atoms with van der Waals surface area (Å²) in [5, 5.41) is 0. The van der Waals surface area contributed by atoms with E-state index in [-0.39, 0.29) is 5.72 Å². The molecule has 2 saturated carbocycles. The molecule has 0 radical (unpaired) electrons. The van der Waals surface area contributed by atoms with Crippen LogP contribution in [0.4, 0.5) is 0 Å². The van der Waals surface area contributed by atoms with E-state index in [9.17, 15) is 0 Å². The lowest BCUT2D eigenvalue weighted by Crippen LogP contribution is -2.41. The normalized spacial score (nSPS) is 65.1. The maximum absolute atomic E-state index is 5.82. The lowest BCUT2D eigenvalue weighted by molar-refractivity contribution is 0.0749. The highest BCUT2D eigenvalue weighted by Crippen LogP contribution is 2.81. The van der Waals surface area contributed by atoms with Gasteiger partial charge in [0.25, 0.3) is 0 Å². The van der Waals surface area contributed by atoms with Gasteiger partial charge in [0, 0.05) is 11.2 Å². The Morgan fingerprint density at radius 3 is 2.92 bits per heavy atom. The van der Waals surface area contributed by atoms with Crippen LogP contribution in [0.15, 0.2) is 0 Å². The Morgan fingerprint density at radius 1 is 1.46 bits per heavy atom. The molecule has 0 amide bonds. The minimum absolute atomic E-state index is 0.198. The average molecular weight is 197 g/mol. The van der Waals surface area contributed by atoms with Gasteiger partial charge in [-0.2, -0.15) is 0 Å². The molecule has 4 fully saturated rings. The molecule has 2 heterocycles. The van der Waals surface area contributed by atoms with Gasteiger partial charge in [-0.3, -0.25) is 4.84 Å². The van der Waals surface area contributed by atoms with Gasteiger partial charge < -0.3 is 0 Å². The summed E-state index contributed by atoms with van der Waals surface area (Å²) in [4.78, 5) is 5.82. The van der Waals surface area contributed by atoms with Crippen LogP contribution in [0, 0.1) is 16.7 Å². The second kappa shape index (κ2) is 1.70. The Balaban J connectivity index is 1.95. The smallest absolute Gasteiger partial charge is 0.184 e. The molecule has 4 rings (SSSR count). The summed E-state index contributed by atoms with van der Waals surface area (Å²) in [6.07, 6.45) is 4.13. The van der Waals surface area contributed by atoms with Crippen LogP contribution in [0.2, 0.25) is 0 Å². The van der Waals surface area contributed by atoms with Crippen LogP contribution in [0.5, 0.6) is 0 Å². The number of fused-ring (bicyclic) bond motifs is 1. The summed E-state index contributed by atoms with van der Waals surface area (Å²) >= 11 is 1.92. The summed E-state index contributed by atoms with van der Waals surface area (Å²) in [6.45, 7) is 4.93. The predicted molar refractivity (Wildman–Crippen MR) is 51.7 cm³/mol.